The lowest BCUT2D eigenvalue weighted by atomic mass is 10.1. The standard InChI is InChI=1S/C20H22FN3O2/c1-14(25)22-12-16-6-9-18(23-13-16)19-3-2-10-24(19)20(26)11-15-4-7-17(21)8-5-15/h4-9,13,19H,2-3,10-12H2,1H3,(H,22,25)/t19-/m0/s1. The monoisotopic (exact) mass is 355 g/mol. The van der Waals surface area contributed by atoms with Crippen LogP contribution in [0.1, 0.15) is 42.6 Å². The SMILES string of the molecule is CC(=O)NCc1ccc([C@@H]2CCCN2C(=O)Cc2ccc(F)cc2)nc1. The van der Waals surface area contributed by atoms with Crippen molar-refractivity contribution in [1.29, 1.82) is 0 Å². The van der Waals surface area contributed by atoms with E-state index in [1.807, 2.05) is 17.0 Å². The number of carbonyl (C=O) groups is 2. The first-order valence-electron chi connectivity index (χ1n) is 8.76. The molecule has 0 radical (unpaired) electrons. The molecule has 1 atom stereocenters. The van der Waals surface area contributed by atoms with E-state index in [1.165, 1.54) is 19.1 Å². The number of nitrogens with zero attached hydrogens (tertiary/aromatic N) is 2. The normalized spacial score (nSPS) is 16.5. The number of rotatable bonds is 5. The summed E-state index contributed by atoms with van der Waals surface area (Å²) in [5, 5.41) is 2.74. The number of halogens is 1. The number of aromatic nitrogens is 1. The summed E-state index contributed by atoms with van der Waals surface area (Å²) in [5.74, 6) is -0.352. The Balaban J connectivity index is 1.66. The lowest BCUT2D eigenvalue weighted by Gasteiger charge is -2.24. The third-order valence-corrected chi connectivity index (χ3v) is 4.57. The fourth-order valence-corrected chi connectivity index (χ4v) is 3.22. The van der Waals surface area contributed by atoms with Gasteiger partial charge in [-0.15, -0.1) is 0 Å². The highest BCUT2D eigenvalue weighted by Gasteiger charge is 2.30. The van der Waals surface area contributed by atoms with Crippen LogP contribution < -0.4 is 5.32 Å². The van der Waals surface area contributed by atoms with Crippen molar-refractivity contribution in [2.45, 2.75) is 38.8 Å². The smallest absolute Gasteiger partial charge is 0.227 e. The molecular weight excluding hydrogens is 333 g/mol. The first kappa shape index (κ1) is 18.0. The Morgan fingerprint density at radius 3 is 2.58 bits per heavy atom. The molecule has 0 bridgehead atoms. The molecule has 0 unspecified atom stereocenters. The van der Waals surface area contributed by atoms with Crippen molar-refractivity contribution in [3.8, 4) is 0 Å². The summed E-state index contributed by atoms with van der Waals surface area (Å²) in [5.41, 5.74) is 2.59. The molecule has 6 heteroatoms. The lowest BCUT2D eigenvalue weighted by Crippen LogP contribution is -2.32. The van der Waals surface area contributed by atoms with Gasteiger partial charge in [0.15, 0.2) is 0 Å². The fraction of sp³-hybridized carbons (Fsp3) is 0.350. The molecule has 1 aliphatic rings. The van der Waals surface area contributed by atoms with Gasteiger partial charge in [0.2, 0.25) is 11.8 Å². The third-order valence-electron chi connectivity index (χ3n) is 4.57. The van der Waals surface area contributed by atoms with Crippen molar-refractivity contribution >= 4 is 11.8 Å². The average Bonchev–Trinajstić information content (AvgIpc) is 3.12. The molecule has 0 aliphatic carbocycles. The Morgan fingerprint density at radius 1 is 1.19 bits per heavy atom. The van der Waals surface area contributed by atoms with E-state index in [9.17, 15) is 14.0 Å². The molecule has 2 aromatic rings. The maximum atomic E-state index is 13.0. The van der Waals surface area contributed by atoms with Crippen LogP contribution in [0.5, 0.6) is 0 Å². The highest BCUT2D eigenvalue weighted by atomic mass is 19.1. The van der Waals surface area contributed by atoms with Crippen molar-refractivity contribution in [1.82, 2.24) is 15.2 Å². The van der Waals surface area contributed by atoms with E-state index in [2.05, 4.69) is 10.3 Å². The number of likely N-dealkylation sites (tertiary alicyclic amines) is 1. The van der Waals surface area contributed by atoms with Gasteiger partial charge in [-0.3, -0.25) is 14.6 Å². The Bertz CT molecular complexity index is 775. The number of hydrogen-bond acceptors (Lipinski definition) is 3. The summed E-state index contributed by atoms with van der Waals surface area (Å²) in [6.07, 6.45) is 3.83. The zero-order valence-electron chi connectivity index (χ0n) is 14.7. The summed E-state index contributed by atoms with van der Waals surface area (Å²) in [6, 6.07) is 9.86. The van der Waals surface area contributed by atoms with Crippen LogP contribution in [0, 0.1) is 5.82 Å². The summed E-state index contributed by atoms with van der Waals surface area (Å²) in [6.45, 7) is 2.63. The van der Waals surface area contributed by atoms with Crippen LogP contribution in [0.15, 0.2) is 42.6 Å². The van der Waals surface area contributed by atoms with E-state index < -0.39 is 0 Å². The summed E-state index contributed by atoms with van der Waals surface area (Å²) in [7, 11) is 0. The first-order valence-corrected chi connectivity index (χ1v) is 8.76. The van der Waals surface area contributed by atoms with Crippen molar-refractivity contribution in [3.63, 3.8) is 0 Å². The quantitative estimate of drug-likeness (QED) is 0.897. The Hall–Kier alpha value is -2.76. The fourth-order valence-electron chi connectivity index (χ4n) is 3.22. The van der Waals surface area contributed by atoms with E-state index >= 15 is 0 Å². The topological polar surface area (TPSA) is 62.3 Å². The molecule has 0 spiro atoms. The molecule has 1 aromatic carbocycles. The molecule has 26 heavy (non-hydrogen) atoms. The molecule has 2 heterocycles. The van der Waals surface area contributed by atoms with Crippen molar-refractivity contribution in [2.75, 3.05) is 6.54 Å². The number of amides is 2. The van der Waals surface area contributed by atoms with Crippen LogP contribution in [0.2, 0.25) is 0 Å². The highest BCUT2D eigenvalue weighted by Crippen LogP contribution is 2.31. The van der Waals surface area contributed by atoms with Gasteiger partial charge in [-0.25, -0.2) is 4.39 Å². The molecule has 1 aromatic heterocycles. The maximum Gasteiger partial charge on any atom is 0.227 e. The van der Waals surface area contributed by atoms with Crippen LogP contribution in [0.4, 0.5) is 4.39 Å². The van der Waals surface area contributed by atoms with E-state index in [1.54, 1.807) is 18.3 Å². The molecule has 136 valence electrons. The second-order valence-electron chi connectivity index (χ2n) is 6.55. The summed E-state index contributed by atoms with van der Waals surface area (Å²) >= 11 is 0. The van der Waals surface area contributed by atoms with Gasteiger partial charge < -0.3 is 10.2 Å². The highest BCUT2D eigenvalue weighted by molar-refractivity contribution is 5.79. The number of nitrogens with one attached hydrogen (secondary N) is 1. The van der Waals surface area contributed by atoms with Crippen LogP contribution in [-0.4, -0.2) is 28.2 Å². The summed E-state index contributed by atoms with van der Waals surface area (Å²) < 4.78 is 13.0. The van der Waals surface area contributed by atoms with Crippen LogP contribution in [0.25, 0.3) is 0 Å². The predicted molar refractivity (Wildman–Crippen MR) is 95.5 cm³/mol. The molecule has 2 amide bonds. The predicted octanol–water partition coefficient (Wildman–Crippen LogP) is 2.76. The average molecular weight is 355 g/mol. The number of pyridine rings is 1. The van der Waals surface area contributed by atoms with Crippen LogP contribution in [-0.2, 0) is 22.6 Å². The van der Waals surface area contributed by atoms with Gasteiger partial charge in [0.05, 0.1) is 18.2 Å². The number of carbonyl (C=O) groups excluding carboxylic acids is 2. The molecule has 1 saturated heterocycles. The van der Waals surface area contributed by atoms with Gasteiger partial charge in [-0.2, -0.15) is 0 Å². The van der Waals surface area contributed by atoms with Gasteiger partial charge >= 0.3 is 0 Å². The molecule has 1 aliphatic heterocycles. The van der Waals surface area contributed by atoms with E-state index in [-0.39, 0.29) is 30.1 Å². The molecule has 3 rings (SSSR count). The second-order valence-corrected chi connectivity index (χ2v) is 6.55. The Labute approximate surface area is 152 Å². The number of hydrogen-bond donors (Lipinski definition) is 1. The minimum atomic E-state index is -0.302. The van der Waals surface area contributed by atoms with E-state index in [4.69, 9.17) is 0 Å². The molecule has 1 N–H and O–H groups in total. The molecular formula is C20H22FN3O2. The van der Waals surface area contributed by atoms with Crippen molar-refractivity contribution in [2.24, 2.45) is 0 Å². The zero-order chi connectivity index (χ0) is 18.5. The minimum Gasteiger partial charge on any atom is -0.352 e. The minimum absolute atomic E-state index is 0.0298. The molecule has 0 saturated carbocycles. The van der Waals surface area contributed by atoms with Gasteiger partial charge in [0, 0.05) is 26.2 Å². The van der Waals surface area contributed by atoms with Crippen LogP contribution >= 0.6 is 0 Å². The van der Waals surface area contributed by atoms with E-state index in [0.29, 0.717) is 13.1 Å². The van der Waals surface area contributed by atoms with Gasteiger partial charge in [0.25, 0.3) is 0 Å². The van der Waals surface area contributed by atoms with E-state index in [0.717, 1.165) is 29.7 Å². The summed E-state index contributed by atoms with van der Waals surface area (Å²) in [4.78, 5) is 30.0. The van der Waals surface area contributed by atoms with Gasteiger partial charge in [-0.05, 0) is 42.2 Å². The van der Waals surface area contributed by atoms with Crippen LogP contribution in [0.3, 0.4) is 0 Å². The first-order chi connectivity index (χ1) is 12.5. The largest absolute Gasteiger partial charge is 0.352 e. The molecule has 5 nitrogen and oxygen atoms in total. The molecule has 1 fully saturated rings. The second kappa shape index (κ2) is 8.08. The van der Waals surface area contributed by atoms with Crippen molar-refractivity contribution < 1.29 is 14.0 Å². The number of benzene rings is 1. The lowest BCUT2D eigenvalue weighted by molar-refractivity contribution is -0.131. The zero-order valence-corrected chi connectivity index (χ0v) is 14.7. The Kier molecular flexibility index (Phi) is 5.61. The maximum absolute atomic E-state index is 13.0. The van der Waals surface area contributed by atoms with Crippen molar-refractivity contribution in [3.05, 3.63) is 65.2 Å². The third kappa shape index (κ3) is 4.45. The van der Waals surface area contributed by atoms with Gasteiger partial charge in [-0.1, -0.05) is 18.2 Å². The Morgan fingerprint density at radius 2 is 1.92 bits per heavy atom. The van der Waals surface area contributed by atoms with Gasteiger partial charge in [0.1, 0.15) is 5.82 Å².